The molecule has 0 unspecified atom stereocenters. The first-order valence-corrected chi connectivity index (χ1v) is 15.4. The summed E-state index contributed by atoms with van der Waals surface area (Å²) < 4.78 is 39.7. The van der Waals surface area contributed by atoms with Gasteiger partial charge in [0.25, 0.3) is 10.0 Å². The fraction of sp³-hybridized carbons (Fsp3) is 0.375. The van der Waals surface area contributed by atoms with Crippen molar-refractivity contribution < 1.29 is 27.5 Å². The maximum atomic E-state index is 14.2. The highest BCUT2D eigenvalue weighted by atomic mass is 32.2. The number of nitrogens with one attached hydrogen (secondary N) is 1. The molecule has 0 aromatic heterocycles. The van der Waals surface area contributed by atoms with Crippen LogP contribution in [-0.2, 0) is 26.2 Å². The Morgan fingerprint density at radius 2 is 1.52 bits per heavy atom. The normalized spacial score (nSPS) is 12.6. The number of amides is 2. The van der Waals surface area contributed by atoms with Gasteiger partial charge < -0.3 is 19.7 Å². The number of benzene rings is 3. The molecule has 0 bridgehead atoms. The number of anilines is 1. The van der Waals surface area contributed by atoms with Gasteiger partial charge in [0.1, 0.15) is 24.1 Å². The van der Waals surface area contributed by atoms with Crippen LogP contribution in [0.15, 0.2) is 77.7 Å². The van der Waals surface area contributed by atoms with Crippen molar-refractivity contribution >= 4 is 27.5 Å². The molecule has 3 aromatic carbocycles. The predicted molar refractivity (Wildman–Crippen MR) is 164 cm³/mol. The van der Waals surface area contributed by atoms with Crippen molar-refractivity contribution in [2.75, 3.05) is 25.1 Å². The van der Waals surface area contributed by atoms with E-state index >= 15 is 0 Å². The van der Waals surface area contributed by atoms with E-state index in [9.17, 15) is 18.0 Å². The van der Waals surface area contributed by atoms with Crippen LogP contribution in [0.3, 0.4) is 0 Å². The van der Waals surface area contributed by atoms with Crippen LogP contribution in [0.5, 0.6) is 11.5 Å². The molecule has 0 aliphatic carbocycles. The zero-order chi connectivity index (χ0) is 30.9. The predicted octanol–water partition coefficient (Wildman–Crippen LogP) is 4.93. The lowest BCUT2D eigenvalue weighted by atomic mass is 10.1. The van der Waals surface area contributed by atoms with Gasteiger partial charge in [0, 0.05) is 18.7 Å². The van der Waals surface area contributed by atoms with Crippen LogP contribution in [0.2, 0.25) is 0 Å². The number of hydrogen-bond acceptors (Lipinski definition) is 6. The molecule has 0 aliphatic rings. The molecule has 42 heavy (non-hydrogen) atoms. The quantitative estimate of drug-likeness (QED) is 0.283. The van der Waals surface area contributed by atoms with Crippen molar-refractivity contribution in [1.29, 1.82) is 0 Å². The standard InChI is InChI=1S/C32H41N3O6S/c1-7-24(4)33-32(37)30(8-2)34(21-25-14-16-27(40-5)17-15-25)31(36)22-35(26-10-9-11-28(20-26)41-6)42(38,39)29-18-12-23(3)13-19-29/h9-20,24,30H,7-8,21-22H2,1-6H3,(H,33,37)/t24-,30+/m0/s1. The molecule has 0 aliphatic heterocycles. The summed E-state index contributed by atoms with van der Waals surface area (Å²) in [7, 11) is -1.11. The SMILES string of the molecule is CC[C@H](C(=O)N[C@@H](C)CC)N(Cc1ccc(OC)cc1)C(=O)CN(c1cccc(OC)c1)S(=O)(=O)c1ccc(C)cc1. The lowest BCUT2D eigenvalue weighted by Gasteiger charge is -2.33. The lowest BCUT2D eigenvalue weighted by molar-refractivity contribution is -0.140. The maximum Gasteiger partial charge on any atom is 0.264 e. The molecule has 0 spiro atoms. The Morgan fingerprint density at radius 3 is 2.10 bits per heavy atom. The summed E-state index contributed by atoms with van der Waals surface area (Å²) >= 11 is 0. The Bertz CT molecular complexity index is 1440. The van der Waals surface area contributed by atoms with Gasteiger partial charge in [0.05, 0.1) is 24.8 Å². The van der Waals surface area contributed by atoms with E-state index in [4.69, 9.17) is 9.47 Å². The van der Waals surface area contributed by atoms with Gasteiger partial charge in [-0.15, -0.1) is 0 Å². The average Bonchev–Trinajstić information content (AvgIpc) is 2.99. The largest absolute Gasteiger partial charge is 0.497 e. The zero-order valence-electron chi connectivity index (χ0n) is 25.2. The second-order valence-electron chi connectivity index (χ2n) is 10.1. The summed E-state index contributed by atoms with van der Waals surface area (Å²) in [6.07, 6.45) is 1.07. The van der Waals surface area contributed by atoms with Gasteiger partial charge in [0.15, 0.2) is 0 Å². The highest BCUT2D eigenvalue weighted by molar-refractivity contribution is 7.92. The Balaban J connectivity index is 2.07. The number of aryl methyl sites for hydroxylation is 1. The summed E-state index contributed by atoms with van der Waals surface area (Å²) in [6, 6.07) is 19.3. The molecule has 0 saturated carbocycles. The first kappa shape index (κ1) is 32.5. The first-order valence-electron chi connectivity index (χ1n) is 14.0. The summed E-state index contributed by atoms with van der Waals surface area (Å²) in [4.78, 5) is 29.1. The van der Waals surface area contributed by atoms with E-state index in [1.165, 1.54) is 24.1 Å². The molecular formula is C32H41N3O6S. The number of rotatable bonds is 14. The van der Waals surface area contributed by atoms with E-state index in [-0.39, 0.29) is 29.1 Å². The Kier molecular flexibility index (Phi) is 11.4. The average molecular weight is 596 g/mol. The summed E-state index contributed by atoms with van der Waals surface area (Å²) in [5.41, 5.74) is 1.94. The molecule has 3 aromatic rings. The van der Waals surface area contributed by atoms with Crippen LogP contribution in [0.1, 0.15) is 44.7 Å². The number of methoxy groups -OCH3 is 2. The van der Waals surface area contributed by atoms with Gasteiger partial charge in [-0.25, -0.2) is 8.42 Å². The third-order valence-electron chi connectivity index (χ3n) is 7.13. The van der Waals surface area contributed by atoms with Gasteiger partial charge in [-0.05, 0) is 68.7 Å². The summed E-state index contributed by atoms with van der Waals surface area (Å²) in [5, 5.41) is 2.98. The van der Waals surface area contributed by atoms with Crippen molar-refractivity contribution in [1.82, 2.24) is 10.2 Å². The molecule has 10 heteroatoms. The van der Waals surface area contributed by atoms with Crippen LogP contribution in [0.25, 0.3) is 0 Å². The van der Waals surface area contributed by atoms with Crippen molar-refractivity contribution in [2.45, 2.75) is 64.1 Å². The molecule has 2 atom stereocenters. The van der Waals surface area contributed by atoms with E-state index < -0.39 is 28.5 Å². The molecule has 0 radical (unpaired) electrons. The van der Waals surface area contributed by atoms with Crippen LogP contribution in [0.4, 0.5) is 5.69 Å². The topological polar surface area (TPSA) is 105 Å². The molecule has 3 rings (SSSR count). The minimum atomic E-state index is -4.17. The number of hydrogen-bond donors (Lipinski definition) is 1. The van der Waals surface area contributed by atoms with Crippen molar-refractivity contribution in [2.24, 2.45) is 0 Å². The van der Waals surface area contributed by atoms with Gasteiger partial charge >= 0.3 is 0 Å². The second-order valence-corrected chi connectivity index (χ2v) is 12.0. The molecule has 0 heterocycles. The Morgan fingerprint density at radius 1 is 0.881 bits per heavy atom. The van der Waals surface area contributed by atoms with E-state index in [1.807, 2.05) is 39.8 Å². The lowest BCUT2D eigenvalue weighted by Crippen LogP contribution is -2.53. The molecular weight excluding hydrogens is 554 g/mol. The third kappa shape index (κ3) is 8.03. The van der Waals surface area contributed by atoms with Crippen LogP contribution in [-0.4, -0.2) is 58.0 Å². The molecule has 1 N–H and O–H groups in total. The van der Waals surface area contributed by atoms with Gasteiger partial charge in [-0.1, -0.05) is 49.7 Å². The summed E-state index contributed by atoms with van der Waals surface area (Å²) in [5.74, 6) is 0.295. The van der Waals surface area contributed by atoms with Gasteiger partial charge in [0.2, 0.25) is 11.8 Å². The Labute approximate surface area is 249 Å². The van der Waals surface area contributed by atoms with Crippen molar-refractivity contribution in [3.8, 4) is 11.5 Å². The van der Waals surface area contributed by atoms with Crippen molar-refractivity contribution in [3.05, 3.63) is 83.9 Å². The summed E-state index contributed by atoms with van der Waals surface area (Å²) in [6.45, 7) is 7.15. The fourth-order valence-corrected chi connectivity index (χ4v) is 5.83. The zero-order valence-corrected chi connectivity index (χ0v) is 26.0. The number of ether oxygens (including phenoxy) is 2. The molecule has 226 valence electrons. The molecule has 0 fully saturated rings. The Hall–Kier alpha value is -4.05. The second kappa shape index (κ2) is 14.7. The minimum absolute atomic E-state index is 0.0481. The number of nitrogens with zero attached hydrogens (tertiary/aromatic N) is 2. The minimum Gasteiger partial charge on any atom is -0.497 e. The third-order valence-corrected chi connectivity index (χ3v) is 8.92. The van der Waals surface area contributed by atoms with Gasteiger partial charge in [-0.2, -0.15) is 0 Å². The number of carbonyl (C=O) groups excluding carboxylic acids is 2. The van der Waals surface area contributed by atoms with Crippen LogP contribution < -0.4 is 19.1 Å². The van der Waals surface area contributed by atoms with E-state index in [2.05, 4.69) is 5.32 Å². The molecule has 0 saturated heterocycles. The van der Waals surface area contributed by atoms with E-state index in [0.29, 0.717) is 17.9 Å². The van der Waals surface area contributed by atoms with E-state index in [0.717, 1.165) is 21.9 Å². The fourth-order valence-electron chi connectivity index (χ4n) is 4.42. The molecule has 2 amide bonds. The van der Waals surface area contributed by atoms with Crippen LogP contribution in [0, 0.1) is 6.92 Å². The maximum absolute atomic E-state index is 14.2. The van der Waals surface area contributed by atoms with Gasteiger partial charge in [-0.3, -0.25) is 13.9 Å². The smallest absolute Gasteiger partial charge is 0.264 e. The van der Waals surface area contributed by atoms with E-state index in [1.54, 1.807) is 55.6 Å². The van der Waals surface area contributed by atoms with Crippen molar-refractivity contribution in [3.63, 3.8) is 0 Å². The number of carbonyl (C=O) groups is 2. The highest BCUT2D eigenvalue weighted by Gasteiger charge is 2.34. The monoisotopic (exact) mass is 595 g/mol. The van der Waals surface area contributed by atoms with Crippen LogP contribution >= 0.6 is 0 Å². The highest BCUT2D eigenvalue weighted by Crippen LogP contribution is 2.28. The first-order chi connectivity index (χ1) is 20.0. The number of sulfonamides is 1. The molecule has 9 nitrogen and oxygen atoms in total.